The van der Waals surface area contributed by atoms with Crippen molar-refractivity contribution in [2.45, 2.75) is 18.9 Å². The van der Waals surface area contributed by atoms with Crippen molar-refractivity contribution in [3.8, 4) is 0 Å². The summed E-state index contributed by atoms with van der Waals surface area (Å²) in [7, 11) is 0. The van der Waals surface area contributed by atoms with E-state index in [0.29, 0.717) is 0 Å². The maximum Gasteiger partial charge on any atom is 0.0824 e. The van der Waals surface area contributed by atoms with Gasteiger partial charge in [-0.3, -0.25) is 9.27 Å². The van der Waals surface area contributed by atoms with Gasteiger partial charge < -0.3 is 4.90 Å². The number of anilines is 1. The monoisotopic (exact) mass is 212 g/mol. The number of rotatable bonds is 2. The van der Waals surface area contributed by atoms with E-state index in [1.807, 2.05) is 12.3 Å². The van der Waals surface area contributed by atoms with Crippen molar-refractivity contribution in [2.24, 2.45) is 0 Å². The second-order valence-electron chi connectivity index (χ2n) is 3.49. The van der Waals surface area contributed by atoms with E-state index in [-0.39, 0.29) is 6.10 Å². The molecule has 0 atom stereocenters. The number of halogens is 1. The quantitative estimate of drug-likeness (QED) is 0.752. The Bertz CT molecular complexity index is 273. The molecule has 1 saturated heterocycles. The molecule has 1 aliphatic rings. The van der Waals surface area contributed by atoms with E-state index in [1.165, 1.54) is 5.69 Å². The van der Waals surface area contributed by atoms with E-state index in [1.54, 1.807) is 6.20 Å². The van der Waals surface area contributed by atoms with Crippen LogP contribution in [0.2, 0.25) is 0 Å². The summed E-state index contributed by atoms with van der Waals surface area (Å²) in [5, 5.41) is 0. The average Bonchev–Trinajstić information content (AvgIpc) is 2.30. The molecule has 0 aromatic carbocycles. The lowest BCUT2D eigenvalue weighted by atomic mass is 10.1. The number of piperidine rings is 1. The topological polar surface area (TPSA) is 25.4 Å². The Labute approximate surface area is 88.8 Å². The minimum atomic E-state index is 0.213. The highest BCUT2D eigenvalue weighted by molar-refractivity contribution is 6.07. The summed E-state index contributed by atoms with van der Waals surface area (Å²) in [6.45, 7) is 1.98. The van der Waals surface area contributed by atoms with Crippen LogP contribution in [0.4, 0.5) is 5.69 Å². The molecule has 0 unspecified atom stereocenters. The fourth-order valence-corrected chi connectivity index (χ4v) is 1.92. The maximum absolute atomic E-state index is 5.34. The second-order valence-corrected chi connectivity index (χ2v) is 3.66. The van der Waals surface area contributed by atoms with Gasteiger partial charge in [-0.1, -0.05) is 0 Å². The first kappa shape index (κ1) is 9.74. The van der Waals surface area contributed by atoms with E-state index in [9.17, 15) is 0 Å². The molecule has 2 heterocycles. The first-order valence-electron chi connectivity index (χ1n) is 4.82. The van der Waals surface area contributed by atoms with Crippen LogP contribution >= 0.6 is 11.9 Å². The van der Waals surface area contributed by atoms with Crippen LogP contribution in [0, 0.1) is 0 Å². The van der Waals surface area contributed by atoms with Gasteiger partial charge in [0.2, 0.25) is 0 Å². The summed E-state index contributed by atoms with van der Waals surface area (Å²) in [4.78, 5) is 6.41. The predicted molar refractivity (Wildman–Crippen MR) is 56.4 cm³/mol. The summed E-state index contributed by atoms with van der Waals surface area (Å²) in [5.41, 5.74) is 1.18. The van der Waals surface area contributed by atoms with Gasteiger partial charge in [-0.25, -0.2) is 0 Å². The third-order valence-corrected chi connectivity index (χ3v) is 2.83. The molecule has 4 heteroatoms. The highest BCUT2D eigenvalue weighted by Crippen LogP contribution is 2.20. The van der Waals surface area contributed by atoms with Crippen LogP contribution in [0.15, 0.2) is 24.5 Å². The van der Waals surface area contributed by atoms with Crippen LogP contribution in [-0.2, 0) is 4.29 Å². The van der Waals surface area contributed by atoms with Gasteiger partial charge in [-0.15, -0.1) is 0 Å². The van der Waals surface area contributed by atoms with E-state index < -0.39 is 0 Å². The Morgan fingerprint density at radius 3 is 2.79 bits per heavy atom. The summed E-state index contributed by atoms with van der Waals surface area (Å²) in [6.07, 6.45) is 5.86. The molecule has 2 rings (SSSR count). The number of hydrogen-bond acceptors (Lipinski definition) is 3. The van der Waals surface area contributed by atoms with Gasteiger partial charge in [0.15, 0.2) is 0 Å². The lowest BCUT2D eigenvalue weighted by Crippen LogP contribution is -2.36. The molecule has 76 valence electrons. The predicted octanol–water partition coefficient (Wildman–Crippen LogP) is 2.22. The minimum Gasteiger partial charge on any atom is -0.370 e. The van der Waals surface area contributed by atoms with Crippen LogP contribution in [0.1, 0.15) is 12.8 Å². The van der Waals surface area contributed by atoms with Crippen molar-refractivity contribution >= 4 is 17.6 Å². The van der Waals surface area contributed by atoms with Crippen molar-refractivity contribution in [3.63, 3.8) is 0 Å². The molecule has 0 spiro atoms. The van der Waals surface area contributed by atoms with E-state index >= 15 is 0 Å². The van der Waals surface area contributed by atoms with E-state index in [0.717, 1.165) is 25.9 Å². The van der Waals surface area contributed by atoms with Crippen molar-refractivity contribution in [1.29, 1.82) is 0 Å². The van der Waals surface area contributed by atoms with Crippen LogP contribution < -0.4 is 4.90 Å². The average molecular weight is 213 g/mol. The van der Waals surface area contributed by atoms with E-state index in [4.69, 9.17) is 16.2 Å². The summed E-state index contributed by atoms with van der Waals surface area (Å²) in [5.74, 6) is 0. The molecular formula is C10H13ClN2O. The van der Waals surface area contributed by atoms with Gasteiger partial charge in [0.1, 0.15) is 0 Å². The Balaban J connectivity index is 1.96. The van der Waals surface area contributed by atoms with Crippen LogP contribution in [-0.4, -0.2) is 24.2 Å². The minimum absolute atomic E-state index is 0.213. The van der Waals surface area contributed by atoms with Gasteiger partial charge in [-0.2, -0.15) is 0 Å². The van der Waals surface area contributed by atoms with Crippen molar-refractivity contribution in [3.05, 3.63) is 24.5 Å². The van der Waals surface area contributed by atoms with Gasteiger partial charge in [0.25, 0.3) is 0 Å². The SMILES string of the molecule is ClOC1CCN(c2cccnc2)CC1. The first-order valence-corrected chi connectivity index (χ1v) is 5.13. The number of hydrogen-bond donors (Lipinski definition) is 0. The summed E-state index contributed by atoms with van der Waals surface area (Å²) >= 11 is 5.34. The molecule has 0 N–H and O–H groups in total. The molecule has 0 bridgehead atoms. The van der Waals surface area contributed by atoms with Crippen LogP contribution in [0.25, 0.3) is 0 Å². The maximum atomic E-state index is 5.34. The van der Waals surface area contributed by atoms with Crippen LogP contribution in [0.3, 0.4) is 0 Å². The summed E-state index contributed by atoms with van der Waals surface area (Å²) < 4.78 is 4.81. The fourth-order valence-electron chi connectivity index (χ4n) is 1.74. The van der Waals surface area contributed by atoms with Crippen molar-refractivity contribution in [1.82, 2.24) is 4.98 Å². The normalized spacial score (nSPS) is 18.5. The van der Waals surface area contributed by atoms with E-state index in [2.05, 4.69) is 16.0 Å². The third-order valence-electron chi connectivity index (χ3n) is 2.58. The molecular weight excluding hydrogens is 200 g/mol. The molecule has 14 heavy (non-hydrogen) atoms. The van der Waals surface area contributed by atoms with Gasteiger partial charge in [0.05, 0.1) is 29.9 Å². The first-order chi connectivity index (χ1) is 6.90. The molecule has 3 nitrogen and oxygen atoms in total. The van der Waals surface area contributed by atoms with Crippen molar-refractivity contribution < 1.29 is 4.29 Å². The molecule has 0 aliphatic carbocycles. The Kier molecular flexibility index (Phi) is 3.22. The number of nitrogens with zero attached hydrogens (tertiary/aromatic N) is 2. The Morgan fingerprint density at radius 1 is 1.43 bits per heavy atom. The number of aromatic nitrogens is 1. The zero-order chi connectivity index (χ0) is 9.80. The molecule has 1 aromatic rings. The lowest BCUT2D eigenvalue weighted by molar-refractivity contribution is 0.189. The molecule has 1 aliphatic heterocycles. The molecule has 0 amide bonds. The Hall–Kier alpha value is -0.800. The molecule has 1 aromatic heterocycles. The molecule has 0 radical (unpaired) electrons. The standard InChI is InChI=1S/C10H13ClN2O/c11-14-10-3-6-13(7-4-10)9-2-1-5-12-8-9/h1-2,5,8,10H,3-4,6-7H2. The lowest BCUT2D eigenvalue weighted by Gasteiger charge is -2.31. The molecule has 1 fully saturated rings. The zero-order valence-corrected chi connectivity index (χ0v) is 8.65. The van der Waals surface area contributed by atoms with Gasteiger partial charge in [0, 0.05) is 19.3 Å². The largest absolute Gasteiger partial charge is 0.370 e. The highest BCUT2D eigenvalue weighted by Gasteiger charge is 2.19. The smallest absolute Gasteiger partial charge is 0.0824 e. The second kappa shape index (κ2) is 4.62. The fraction of sp³-hybridized carbons (Fsp3) is 0.500. The molecule has 0 saturated carbocycles. The van der Waals surface area contributed by atoms with Gasteiger partial charge in [-0.05, 0) is 25.0 Å². The number of pyridine rings is 1. The van der Waals surface area contributed by atoms with Gasteiger partial charge >= 0.3 is 0 Å². The van der Waals surface area contributed by atoms with Crippen molar-refractivity contribution in [2.75, 3.05) is 18.0 Å². The third kappa shape index (κ3) is 2.16. The van der Waals surface area contributed by atoms with Crippen LogP contribution in [0.5, 0.6) is 0 Å². The zero-order valence-electron chi connectivity index (χ0n) is 7.90. The Morgan fingerprint density at radius 2 is 2.21 bits per heavy atom. The highest BCUT2D eigenvalue weighted by atomic mass is 35.5. The summed E-state index contributed by atoms with van der Waals surface area (Å²) in [6, 6.07) is 4.04.